The second-order valence-electron chi connectivity index (χ2n) is 5.30. The predicted molar refractivity (Wildman–Crippen MR) is 97.4 cm³/mol. The molecule has 24 heavy (non-hydrogen) atoms. The highest BCUT2D eigenvalue weighted by Gasteiger charge is 2.09. The molecule has 0 unspecified atom stereocenters. The van der Waals surface area contributed by atoms with E-state index in [1.807, 2.05) is 23.6 Å². The maximum Gasteiger partial charge on any atom is 0.217 e. The quantitative estimate of drug-likeness (QED) is 0.693. The van der Waals surface area contributed by atoms with Gasteiger partial charge in [-0.25, -0.2) is 9.37 Å². The Morgan fingerprint density at radius 3 is 2.88 bits per heavy atom. The molecule has 2 aromatic heterocycles. The van der Waals surface area contributed by atoms with Crippen molar-refractivity contribution in [1.29, 1.82) is 0 Å². The number of benzene rings is 1. The molecule has 0 fully saturated rings. The molecule has 2 N–H and O–H groups in total. The van der Waals surface area contributed by atoms with Gasteiger partial charge in [0, 0.05) is 22.9 Å². The summed E-state index contributed by atoms with van der Waals surface area (Å²) in [5.74, 6) is -0.284. The number of halogens is 1. The molecule has 7 heteroatoms. The van der Waals surface area contributed by atoms with Crippen LogP contribution in [0.2, 0.25) is 0 Å². The summed E-state index contributed by atoms with van der Waals surface area (Å²) in [6, 6.07) is 9.01. The Morgan fingerprint density at radius 2 is 2.12 bits per heavy atom. The zero-order valence-corrected chi connectivity index (χ0v) is 14.9. The molecule has 3 rings (SSSR count). The summed E-state index contributed by atoms with van der Waals surface area (Å²) < 4.78 is 13.6. The van der Waals surface area contributed by atoms with Gasteiger partial charge in [0.2, 0.25) is 5.91 Å². The van der Waals surface area contributed by atoms with Crippen LogP contribution in [0, 0.1) is 12.7 Å². The van der Waals surface area contributed by atoms with Crippen LogP contribution in [0.25, 0.3) is 10.6 Å². The summed E-state index contributed by atoms with van der Waals surface area (Å²) >= 11 is 3.06. The number of hydrogen-bond acceptors (Lipinski definition) is 5. The van der Waals surface area contributed by atoms with E-state index < -0.39 is 0 Å². The van der Waals surface area contributed by atoms with E-state index in [-0.39, 0.29) is 11.7 Å². The van der Waals surface area contributed by atoms with E-state index in [1.54, 1.807) is 24.3 Å². The Labute approximate surface area is 147 Å². The van der Waals surface area contributed by atoms with Gasteiger partial charge >= 0.3 is 0 Å². The van der Waals surface area contributed by atoms with Crippen LogP contribution in [0.15, 0.2) is 35.7 Å². The molecule has 124 valence electrons. The maximum atomic E-state index is 13.6. The molecule has 1 amide bonds. The number of rotatable bonds is 5. The van der Waals surface area contributed by atoms with Gasteiger partial charge in [0.05, 0.1) is 17.1 Å². The third-order valence-corrected chi connectivity index (χ3v) is 5.22. The number of anilines is 2. The molecule has 0 saturated heterocycles. The van der Waals surface area contributed by atoms with Crippen molar-refractivity contribution >= 4 is 39.4 Å². The predicted octanol–water partition coefficient (Wildman–Crippen LogP) is 4.70. The number of aromatic nitrogens is 1. The van der Waals surface area contributed by atoms with E-state index in [9.17, 15) is 9.18 Å². The van der Waals surface area contributed by atoms with Crippen LogP contribution in [0.3, 0.4) is 0 Å². The largest absolute Gasteiger partial charge is 0.351 e. The van der Waals surface area contributed by atoms with Crippen LogP contribution in [-0.4, -0.2) is 10.9 Å². The van der Waals surface area contributed by atoms with Crippen molar-refractivity contribution < 1.29 is 9.18 Å². The first-order valence-corrected chi connectivity index (χ1v) is 9.03. The Morgan fingerprint density at radius 1 is 1.29 bits per heavy atom. The second-order valence-corrected chi connectivity index (χ2v) is 7.33. The fourth-order valence-electron chi connectivity index (χ4n) is 2.06. The average Bonchev–Trinajstić information content (AvgIpc) is 3.18. The van der Waals surface area contributed by atoms with Gasteiger partial charge in [-0.3, -0.25) is 4.79 Å². The monoisotopic (exact) mass is 361 g/mol. The summed E-state index contributed by atoms with van der Waals surface area (Å²) in [5.41, 5.74) is 2.16. The first kappa shape index (κ1) is 16.6. The fourth-order valence-corrected chi connectivity index (χ4v) is 3.77. The number of hydrogen-bond donors (Lipinski definition) is 2. The number of thiazole rings is 1. The number of amides is 1. The molecule has 3 aromatic rings. The summed E-state index contributed by atoms with van der Waals surface area (Å²) in [6.07, 6.45) is 0. The molecule has 0 aliphatic carbocycles. The lowest BCUT2D eigenvalue weighted by atomic mass is 10.2. The Kier molecular flexibility index (Phi) is 4.92. The summed E-state index contributed by atoms with van der Waals surface area (Å²) in [7, 11) is 0. The summed E-state index contributed by atoms with van der Waals surface area (Å²) in [4.78, 5) is 17.6. The van der Waals surface area contributed by atoms with Crippen molar-refractivity contribution in [2.24, 2.45) is 0 Å². The first-order valence-electron chi connectivity index (χ1n) is 7.33. The highest BCUT2D eigenvalue weighted by Crippen LogP contribution is 2.32. The number of aryl methyl sites for hydroxylation is 1. The van der Waals surface area contributed by atoms with Crippen molar-refractivity contribution in [2.45, 2.75) is 20.4 Å². The average molecular weight is 361 g/mol. The lowest BCUT2D eigenvalue weighted by Crippen LogP contribution is -2.17. The van der Waals surface area contributed by atoms with Gasteiger partial charge in [-0.05, 0) is 36.8 Å². The van der Waals surface area contributed by atoms with E-state index in [0.717, 1.165) is 15.4 Å². The molecule has 0 atom stereocenters. The molecule has 4 nitrogen and oxygen atoms in total. The van der Waals surface area contributed by atoms with Crippen molar-refractivity contribution in [3.63, 3.8) is 0 Å². The van der Waals surface area contributed by atoms with Crippen molar-refractivity contribution in [1.82, 2.24) is 10.3 Å². The number of thiophene rings is 1. The number of nitrogens with one attached hydrogen (secondary N) is 2. The first-order chi connectivity index (χ1) is 11.5. The third kappa shape index (κ3) is 3.98. The van der Waals surface area contributed by atoms with Crippen LogP contribution in [0.5, 0.6) is 0 Å². The minimum absolute atomic E-state index is 0.0459. The van der Waals surface area contributed by atoms with Crippen molar-refractivity contribution in [2.75, 3.05) is 5.32 Å². The summed E-state index contributed by atoms with van der Waals surface area (Å²) in [5, 5.41) is 8.58. The molecular formula is C17H16FN3OS2. The maximum absolute atomic E-state index is 13.6. The third-order valence-electron chi connectivity index (χ3n) is 3.35. The zero-order chi connectivity index (χ0) is 17.1. The standard InChI is InChI=1S/C17H16FN3OS2/c1-10-3-4-12(7-14(10)18)20-17-21-15(9-23-17)16-6-5-13(24-16)8-19-11(2)22/h3-7,9H,8H2,1-2H3,(H,19,22)(H,20,21). The highest BCUT2D eigenvalue weighted by atomic mass is 32.1. The Hall–Kier alpha value is -2.25. The smallest absolute Gasteiger partial charge is 0.217 e. The van der Waals surface area contributed by atoms with E-state index >= 15 is 0 Å². The molecule has 2 heterocycles. The topological polar surface area (TPSA) is 54.0 Å². The Balaban J connectivity index is 1.71. The Bertz CT molecular complexity index is 872. The van der Waals surface area contributed by atoms with Crippen LogP contribution >= 0.6 is 22.7 Å². The molecule has 0 spiro atoms. The summed E-state index contributed by atoms with van der Waals surface area (Å²) in [6.45, 7) is 3.76. The van der Waals surface area contributed by atoms with E-state index in [0.29, 0.717) is 22.9 Å². The molecule has 0 aliphatic rings. The number of nitrogens with zero attached hydrogens (tertiary/aromatic N) is 1. The van der Waals surface area contributed by atoms with Gasteiger partial charge < -0.3 is 10.6 Å². The molecule has 1 aromatic carbocycles. The molecular weight excluding hydrogens is 345 g/mol. The van der Waals surface area contributed by atoms with Gasteiger partial charge in [-0.15, -0.1) is 22.7 Å². The molecule has 0 saturated carbocycles. The van der Waals surface area contributed by atoms with Crippen molar-refractivity contribution in [3.8, 4) is 10.6 Å². The van der Waals surface area contributed by atoms with E-state index in [1.165, 1.54) is 24.3 Å². The van der Waals surface area contributed by atoms with Crippen LogP contribution in [-0.2, 0) is 11.3 Å². The normalized spacial score (nSPS) is 10.6. The zero-order valence-electron chi connectivity index (χ0n) is 13.2. The van der Waals surface area contributed by atoms with Gasteiger partial charge in [0.1, 0.15) is 5.82 Å². The van der Waals surface area contributed by atoms with Gasteiger partial charge in [0.25, 0.3) is 0 Å². The van der Waals surface area contributed by atoms with Gasteiger partial charge in [-0.2, -0.15) is 0 Å². The SMILES string of the molecule is CC(=O)NCc1ccc(-c2csc(Nc3ccc(C)c(F)c3)n2)s1. The lowest BCUT2D eigenvalue weighted by molar-refractivity contribution is -0.119. The van der Waals surface area contributed by atoms with E-state index in [2.05, 4.69) is 15.6 Å². The minimum Gasteiger partial charge on any atom is -0.351 e. The molecule has 0 aliphatic heterocycles. The number of carbonyl (C=O) groups is 1. The molecule has 0 bridgehead atoms. The number of carbonyl (C=O) groups excluding carboxylic acids is 1. The van der Waals surface area contributed by atoms with E-state index in [4.69, 9.17) is 0 Å². The highest BCUT2D eigenvalue weighted by molar-refractivity contribution is 7.17. The lowest BCUT2D eigenvalue weighted by Gasteiger charge is -2.03. The van der Waals surface area contributed by atoms with Gasteiger partial charge in [0.15, 0.2) is 5.13 Å². The van der Waals surface area contributed by atoms with Crippen molar-refractivity contribution in [3.05, 3.63) is 52.0 Å². The van der Waals surface area contributed by atoms with Crippen LogP contribution < -0.4 is 10.6 Å². The second kappa shape index (κ2) is 7.11. The fraction of sp³-hybridized carbons (Fsp3) is 0.176. The minimum atomic E-state index is -0.238. The van der Waals surface area contributed by atoms with Gasteiger partial charge in [-0.1, -0.05) is 6.07 Å². The van der Waals surface area contributed by atoms with Crippen LogP contribution in [0.1, 0.15) is 17.4 Å². The van der Waals surface area contributed by atoms with Crippen LogP contribution in [0.4, 0.5) is 15.2 Å². The molecule has 0 radical (unpaired) electrons.